The van der Waals surface area contributed by atoms with E-state index in [1.54, 1.807) is 55.6 Å². The number of aliphatic hydroxyl groups is 1. The number of hydrogen-bond donors (Lipinski definition) is 1. The molecule has 2 atom stereocenters. The Balaban J connectivity index is 2.03. The van der Waals surface area contributed by atoms with Crippen LogP contribution >= 0.6 is 23.4 Å². The third kappa shape index (κ3) is 4.49. The van der Waals surface area contributed by atoms with Gasteiger partial charge in [-0.15, -0.1) is 11.6 Å². The molecule has 2 aromatic rings. The van der Waals surface area contributed by atoms with Gasteiger partial charge in [0, 0.05) is 4.90 Å². The van der Waals surface area contributed by atoms with Crippen LogP contribution in [0.1, 0.15) is 17.2 Å². The number of rotatable bonds is 5. The van der Waals surface area contributed by atoms with Crippen molar-refractivity contribution in [1.29, 1.82) is 5.26 Å². The van der Waals surface area contributed by atoms with Crippen LogP contribution in [-0.2, 0) is 4.79 Å². The molecule has 0 aliphatic heterocycles. The Labute approximate surface area is 143 Å². The number of alkyl halides is 1. The molecule has 0 spiro atoms. The van der Waals surface area contributed by atoms with Crippen molar-refractivity contribution in [2.45, 2.75) is 16.4 Å². The van der Waals surface area contributed by atoms with Gasteiger partial charge in [-0.2, -0.15) is 5.26 Å². The van der Waals surface area contributed by atoms with Gasteiger partial charge in [0.05, 0.1) is 18.7 Å². The molecule has 2 rings (SSSR count). The summed E-state index contributed by atoms with van der Waals surface area (Å²) >= 11 is 7.05. The maximum atomic E-state index is 12.2. The molecule has 0 aromatic heterocycles. The molecule has 0 amide bonds. The summed E-state index contributed by atoms with van der Waals surface area (Å²) in [6.45, 7) is 0. The highest BCUT2D eigenvalue weighted by atomic mass is 35.5. The summed E-state index contributed by atoms with van der Waals surface area (Å²) in [5, 5.41) is 17.5. The van der Waals surface area contributed by atoms with E-state index in [1.807, 2.05) is 6.07 Å². The fourth-order valence-corrected chi connectivity index (χ4v) is 2.89. The molecule has 0 fully saturated rings. The fourth-order valence-electron chi connectivity index (χ4n) is 1.87. The summed E-state index contributed by atoms with van der Waals surface area (Å²) in [4.78, 5) is 12.9. The first-order chi connectivity index (χ1) is 11.0. The highest BCUT2D eigenvalue weighted by Crippen LogP contribution is 2.30. The highest BCUT2D eigenvalue weighted by Gasteiger charge is 2.26. The van der Waals surface area contributed by atoms with Crippen LogP contribution in [0, 0.1) is 11.3 Å². The Hall–Kier alpha value is -2.00. The average molecular weight is 348 g/mol. The Morgan fingerprint density at radius 3 is 2.35 bits per heavy atom. The SMILES string of the molecule is COc1ccc(SC(=O)[C@@H](Cl)[C@@H](O)c2ccc(C#N)cc2)cc1. The molecule has 0 aliphatic rings. The van der Waals surface area contributed by atoms with E-state index < -0.39 is 11.5 Å². The van der Waals surface area contributed by atoms with Crippen LogP contribution in [-0.4, -0.2) is 22.7 Å². The summed E-state index contributed by atoms with van der Waals surface area (Å²) in [5.74, 6) is 0.696. The number of aliphatic hydroxyl groups excluding tert-OH is 1. The Kier molecular flexibility index (Phi) is 6.05. The molecule has 0 heterocycles. The maximum absolute atomic E-state index is 12.2. The molecule has 0 radical (unpaired) electrons. The third-order valence-electron chi connectivity index (χ3n) is 3.16. The van der Waals surface area contributed by atoms with Crippen molar-refractivity contribution >= 4 is 28.5 Å². The van der Waals surface area contributed by atoms with Gasteiger partial charge in [-0.25, -0.2) is 0 Å². The summed E-state index contributed by atoms with van der Waals surface area (Å²) in [6.07, 6.45) is -1.14. The van der Waals surface area contributed by atoms with Crippen LogP contribution in [0.5, 0.6) is 5.75 Å². The number of hydrogen-bond acceptors (Lipinski definition) is 5. The lowest BCUT2D eigenvalue weighted by atomic mass is 10.1. The number of benzene rings is 2. The van der Waals surface area contributed by atoms with Gasteiger partial charge >= 0.3 is 0 Å². The van der Waals surface area contributed by atoms with Gasteiger partial charge in [-0.05, 0) is 42.0 Å². The molecule has 0 saturated carbocycles. The van der Waals surface area contributed by atoms with E-state index in [0.29, 0.717) is 21.8 Å². The molecular weight excluding hydrogens is 334 g/mol. The Morgan fingerprint density at radius 1 is 1.22 bits per heavy atom. The number of carbonyl (C=O) groups excluding carboxylic acids is 1. The predicted octanol–water partition coefficient (Wildman–Crippen LogP) is 3.53. The molecule has 1 N–H and O–H groups in total. The molecular formula is C17H14ClNO3S. The van der Waals surface area contributed by atoms with Gasteiger partial charge < -0.3 is 9.84 Å². The van der Waals surface area contributed by atoms with E-state index in [1.165, 1.54) is 0 Å². The summed E-state index contributed by atoms with van der Waals surface area (Å²) in [6, 6.07) is 15.3. The quantitative estimate of drug-likeness (QED) is 0.661. The second kappa shape index (κ2) is 8.02. The summed E-state index contributed by atoms with van der Waals surface area (Å²) < 4.78 is 5.05. The molecule has 2 aromatic carbocycles. The van der Waals surface area contributed by atoms with Crippen LogP contribution in [0.15, 0.2) is 53.4 Å². The monoisotopic (exact) mass is 347 g/mol. The number of halogens is 1. The van der Waals surface area contributed by atoms with Crippen LogP contribution < -0.4 is 4.74 Å². The maximum Gasteiger partial charge on any atom is 0.214 e. The van der Waals surface area contributed by atoms with E-state index in [0.717, 1.165) is 11.8 Å². The largest absolute Gasteiger partial charge is 0.497 e. The van der Waals surface area contributed by atoms with Crippen LogP contribution in [0.25, 0.3) is 0 Å². The highest BCUT2D eigenvalue weighted by molar-refractivity contribution is 8.14. The van der Waals surface area contributed by atoms with E-state index in [4.69, 9.17) is 21.6 Å². The van der Waals surface area contributed by atoms with Crippen molar-refractivity contribution < 1.29 is 14.6 Å². The van der Waals surface area contributed by atoms with Gasteiger partial charge in [0.25, 0.3) is 0 Å². The van der Waals surface area contributed by atoms with E-state index in [-0.39, 0.29) is 5.12 Å². The van der Waals surface area contributed by atoms with Gasteiger partial charge in [0.1, 0.15) is 17.2 Å². The minimum atomic E-state index is -1.14. The summed E-state index contributed by atoms with van der Waals surface area (Å²) in [7, 11) is 1.57. The molecule has 6 heteroatoms. The van der Waals surface area contributed by atoms with Crippen molar-refractivity contribution in [1.82, 2.24) is 0 Å². The van der Waals surface area contributed by atoms with Crippen molar-refractivity contribution in [2.24, 2.45) is 0 Å². The smallest absolute Gasteiger partial charge is 0.214 e. The molecule has 0 bridgehead atoms. The second-order valence-electron chi connectivity index (χ2n) is 4.68. The number of carbonyl (C=O) groups is 1. The van der Waals surface area contributed by atoms with Crippen molar-refractivity contribution in [2.75, 3.05) is 7.11 Å². The zero-order chi connectivity index (χ0) is 16.8. The number of methoxy groups -OCH3 is 1. The summed E-state index contributed by atoms with van der Waals surface area (Å²) in [5.41, 5.74) is 0.971. The lowest BCUT2D eigenvalue weighted by molar-refractivity contribution is -0.112. The molecule has 23 heavy (non-hydrogen) atoms. The van der Waals surface area contributed by atoms with E-state index in [9.17, 15) is 9.90 Å². The zero-order valence-electron chi connectivity index (χ0n) is 12.3. The van der Waals surface area contributed by atoms with Crippen molar-refractivity contribution in [3.05, 3.63) is 59.7 Å². The van der Waals surface area contributed by atoms with Gasteiger partial charge in [0.2, 0.25) is 5.12 Å². The molecule has 4 nitrogen and oxygen atoms in total. The van der Waals surface area contributed by atoms with Crippen molar-refractivity contribution in [3.63, 3.8) is 0 Å². The van der Waals surface area contributed by atoms with Crippen LogP contribution in [0.4, 0.5) is 0 Å². The first-order valence-electron chi connectivity index (χ1n) is 6.73. The average Bonchev–Trinajstić information content (AvgIpc) is 2.61. The Morgan fingerprint density at radius 2 is 1.83 bits per heavy atom. The first-order valence-corrected chi connectivity index (χ1v) is 7.98. The molecule has 0 unspecified atom stereocenters. The third-order valence-corrected chi connectivity index (χ3v) is 4.69. The van der Waals surface area contributed by atoms with Gasteiger partial charge in [-0.1, -0.05) is 23.9 Å². The minimum Gasteiger partial charge on any atom is -0.497 e. The molecule has 118 valence electrons. The number of ether oxygens (including phenoxy) is 1. The molecule has 0 saturated heterocycles. The lowest BCUT2D eigenvalue weighted by Crippen LogP contribution is -2.20. The van der Waals surface area contributed by atoms with Gasteiger partial charge in [0.15, 0.2) is 0 Å². The number of thioether (sulfide) groups is 1. The van der Waals surface area contributed by atoms with Crippen LogP contribution in [0.3, 0.4) is 0 Å². The van der Waals surface area contributed by atoms with E-state index in [2.05, 4.69) is 0 Å². The standard InChI is InChI=1S/C17H14ClNO3S/c1-22-13-6-8-14(9-7-13)23-17(21)15(18)16(20)12-4-2-11(10-19)3-5-12/h2-9,15-16,20H,1H3/t15-,16-/m0/s1. The van der Waals surface area contributed by atoms with Crippen molar-refractivity contribution in [3.8, 4) is 11.8 Å². The fraction of sp³-hybridized carbons (Fsp3) is 0.176. The number of nitriles is 1. The predicted molar refractivity (Wildman–Crippen MR) is 89.6 cm³/mol. The molecule has 0 aliphatic carbocycles. The topological polar surface area (TPSA) is 70.3 Å². The minimum absolute atomic E-state index is 0.353. The Bertz CT molecular complexity index is 710. The second-order valence-corrected chi connectivity index (χ2v) is 6.23. The first kappa shape index (κ1) is 17.4. The number of nitrogens with zero attached hydrogens (tertiary/aromatic N) is 1. The lowest BCUT2D eigenvalue weighted by Gasteiger charge is -2.16. The van der Waals surface area contributed by atoms with Crippen LogP contribution in [0.2, 0.25) is 0 Å². The zero-order valence-corrected chi connectivity index (χ0v) is 13.8. The van der Waals surface area contributed by atoms with Gasteiger partial charge in [-0.3, -0.25) is 4.79 Å². The normalized spacial score (nSPS) is 13.0. The van der Waals surface area contributed by atoms with E-state index >= 15 is 0 Å².